The second-order valence-corrected chi connectivity index (χ2v) is 3.86. The van der Waals surface area contributed by atoms with E-state index in [1.54, 1.807) is 31.2 Å². The summed E-state index contributed by atoms with van der Waals surface area (Å²) >= 11 is 0. The second-order valence-electron chi connectivity index (χ2n) is 3.86. The van der Waals surface area contributed by atoms with Crippen molar-refractivity contribution in [1.82, 2.24) is 4.57 Å². The van der Waals surface area contributed by atoms with Gasteiger partial charge in [-0.25, -0.2) is 0 Å². The molecule has 0 saturated heterocycles. The fourth-order valence-electron chi connectivity index (χ4n) is 1.81. The van der Waals surface area contributed by atoms with Crippen molar-refractivity contribution in [2.75, 3.05) is 0 Å². The molecule has 1 aromatic carbocycles. The summed E-state index contributed by atoms with van der Waals surface area (Å²) in [5.41, 5.74) is 1.77. The third-order valence-electron chi connectivity index (χ3n) is 2.55. The summed E-state index contributed by atoms with van der Waals surface area (Å²) in [6.07, 6.45) is 0. The van der Waals surface area contributed by atoms with Gasteiger partial charge in [-0.3, -0.25) is 9.36 Å². The lowest BCUT2D eigenvalue weighted by Gasteiger charge is -2.10. The smallest absolute Gasteiger partial charge is 0.258 e. The Morgan fingerprint density at radius 1 is 1.24 bits per heavy atom. The second kappa shape index (κ2) is 4.43. The van der Waals surface area contributed by atoms with Crippen molar-refractivity contribution in [2.45, 2.75) is 13.5 Å². The van der Waals surface area contributed by atoms with E-state index in [1.807, 2.05) is 0 Å². The summed E-state index contributed by atoms with van der Waals surface area (Å²) in [6, 6.07) is 9.77. The van der Waals surface area contributed by atoms with E-state index in [0.717, 1.165) is 5.56 Å². The average Bonchev–Trinajstić information content (AvgIpc) is 2.28. The summed E-state index contributed by atoms with van der Waals surface area (Å²) in [5.74, 6) is -0.0398. The van der Waals surface area contributed by atoms with Gasteiger partial charge in [0.1, 0.15) is 5.75 Å². The molecule has 0 bridgehead atoms. The molecule has 0 unspecified atom stereocenters. The molecule has 0 radical (unpaired) electrons. The number of rotatable bonds is 2. The maximum atomic E-state index is 11.8. The minimum Gasteiger partial charge on any atom is -0.508 e. The van der Waals surface area contributed by atoms with Gasteiger partial charge in [0.2, 0.25) is 0 Å². The SMILES string of the molecule is Cc1cc(O)cc(=O)n1-c1cccc(CO)c1. The molecule has 1 aromatic heterocycles. The Hall–Kier alpha value is -2.07. The summed E-state index contributed by atoms with van der Waals surface area (Å²) in [6.45, 7) is 1.67. The van der Waals surface area contributed by atoms with Gasteiger partial charge in [-0.05, 0) is 30.7 Å². The zero-order chi connectivity index (χ0) is 12.4. The van der Waals surface area contributed by atoms with Gasteiger partial charge in [0.05, 0.1) is 6.61 Å². The number of aryl methyl sites for hydroxylation is 1. The first-order chi connectivity index (χ1) is 8.11. The highest BCUT2D eigenvalue weighted by molar-refractivity contribution is 5.39. The summed E-state index contributed by atoms with van der Waals surface area (Å²) in [7, 11) is 0. The standard InChI is InChI=1S/C13H13NO3/c1-9-5-12(16)7-13(17)14(9)11-4-2-3-10(6-11)8-15/h2-7,15-16H,8H2,1H3. The molecule has 0 spiro atoms. The fraction of sp³-hybridized carbons (Fsp3) is 0.154. The maximum absolute atomic E-state index is 11.8. The van der Waals surface area contributed by atoms with Crippen molar-refractivity contribution >= 4 is 0 Å². The first kappa shape index (κ1) is 11.4. The lowest BCUT2D eigenvalue weighted by molar-refractivity contribution is 0.282. The summed E-state index contributed by atoms with van der Waals surface area (Å²) in [4.78, 5) is 11.8. The molecule has 2 N–H and O–H groups in total. The molecule has 2 aromatic rings. The Morgan fingerprint density at radius 2 is 2.00 bits per heavy atom. The van der Waals surface area contributed by atoms with Crippen LogP contribution in [0.2, 0.25) is 0 Å². The van der Waals surface area contributed by atoms with E-state index < -0.39 is 0 Å². The molecule has 4 nitrogen and oxygen atoms in total. The van der Waals surface area contributed by atoms with Crippen LogP contribution in [0.5, 0.6) is 5.75 Å². The topological polar surface area (TPSA) is 62.5 Å². The highest BCUT2D eigenvalue weighted by Gasteiger charge is 2.05. The number of benzene rings is 1. The van der Waals surface area contributed by atoms with Crippen molar-refractivity contribution in [2.24, 2.45) is 0 Å². The van der Waals surface area contributed by atoms with Gasteiger partial charge < -0.3 is 10.2 Å². The molecule has 1 heterocycles. The third kappa shape index (κ3) is 2.21. The molecule has 17 heavy (non-hydrogen) atoms. The van der Waals surface area contributed by atoms with E-state index in [0.29, 0.717) is 11.4 Å². The van der Waals surface area contributed by atoms with Crippen molar-refractivity contribution in [3.05, 3.63) is 58.0 Å². The Balaban J connectivity index is 2.64. The Kier molecular flexibility index (Phi) is 2.97. The van der Waals surface area contributed by atoms with Gasteiger partial charge in [0.25, 0.3) is 5.56 Å². The van der Waals surface area contributed by atoms with Crippen LogP contribution in [-0.2, 0) is 6.61 Å². The van der Waals surface area contributed by atoms with Gasteiger partial charge in [0, 0.05) is 17.4 Å². The lowest BCUT2D eigenvalue weighted by Crippen LogP contribution is -2.19. The number of aliphatic hydroxyl groups is 1. The number of nitrogens with zero attached hydrogens (tertiary/aromatic N) is 1. The average molecular weight is 231 g/mol. The van der Waals surface area contributed by atoms with Gasteiger partial charge in [0.15, 0.2) is 0 Å². The van der Waals surface area contributed by atoms with Crippen LogP contribution in [0, 0.1) is 6.92 Å². The maximum Gasteiger partial charge on any atom is 0.258 e. The number of aliphatic hydroxyl groups excluding tert-OH is 1. The van der Waals surface area contributed by atoms with E-state index in [1.165, 1.54) is 16.7 Å². The van der Waals surface area contributed by atoms with Crippen LogP contribution >= 0.6 is 0 Å². The largest absolute Gasteiger partial charge is 0.508 e. The van der Waals surface area contributed by atoms with Crippen LogP contribution < -0.4 is 5.56 Å². The zero-order valence-electron chi connectivity index (χ0n) is 9.42. The van der Waals surface area contributed by atoms with E-state index >= 15 is 0 Å². The number of aromatic nitrogens is 1. The Morgan fingerprint density at radius 3 is 2.65 bits per heavy atom. The molecule has 0 aliphatic heterocycles. The van der Waals surface area contributed by atoms with Gasteiger partial charge >= 0.3 is 0 Å². The van der Waals surface area contributed by atoms with Crippen LogP contribution in [0.15, 0.2) is 41.2 Å². The van der Waals surface area contributed by atoms with Crippen LogP contribution in [-0.4, -0.2) is 14.8 Å². The lowest BCUT2D eigenvalue weighted by atomic mass is 10.2. The monoisotopic (exact) mass is 231 g/mol. The van der Waals surface area contributed by atoms with E-state index in [9.17, 15) is 9.90 Å². The van der Waals surface area contributed by atoms with Crippen molar-refractivity contribution < 1.29 is 10.2 Å². The zero-order valence-corrected chi connectivity index (χ0v) is 9.42. The molecular weight excluding hydrogens is 218 g/mol. The van der Waals surface area contributed by atoms with Crippen LogP contribution in [0.3, 0.4) is 0 Å². The molecule has 0 aliphatic rings. The molecule has 0 atom stereocenters. The van der Waals surface area contributed by atoms with Gasteiger partial charge in [-0.2, -0.15) is 0 Å². The van der Waals surface area contributed by atoms with Crippen molar-refractivity contribution in [3.63, 3.8) is 0 Å². The highest BCUT2D eigenvalue weighted by atomic mass is 16.3. The summed E-state index contributed by atoms with van der Waals surface area (Å²) < 4.78 is 1.48. The first-order valence-corrected chi connectivity index (χ1v) is 5.24. The predicted molar refractivity (Wildman–Crippen MR) is 64.4 cm³/mol. The molecule has 0 aliphatic carbocycles. The predicted octanol–water partition coefficient (Wildman–Crippen LogP) is 1.34. The Labute approximate surface area is 98.4 Å². The van der Waals surface area contributed by atoms with Gasteiger partial charge in [-0.1, -0.05) is 12.1 Å². The quantitative estimate of drug-likeness (QED) is 0.820. The van der Waals surface area contributed by atoms with Gasteiger partial charge in [-0.15, -0.1) is 0 Å². The first-order valence-electron chi connectivity index (χ1n) is 5.24. The fourth-order valence-corrected chi connectivity index (χ4v) is 1.81. The molecule has 0 amide bonds. The van der Waals surface area contributed by atoms with E-state index in [2.05, 4.69) is 0 Å². The molecule has 2 rings (SSSR count). The molecule has 88 valence electrons. The number of aromatic hydroxyl groups is 1. The number of hydrogen-bond acceptors (Lipinski definition) is 3. The van der Waals surface area contributed by atoms with E-state index in [4.69, 9.17) is 5.11 Å². The normalized spacial score (nSPS) is 10.5. The van der Waals surface area contributed by atoms with E-state index in [-0.39, 0.29) is 17.9 Å². The molecule has 0 saturated carbocycles. The van der Waals surface area contributed by atoms with Crippen LogP contribution in [0.4, 0.5) is 0 Å². The third-order valence-corrected chi connectivity index (χ3v) is 2.55. The Bertz CT molecular complexity index is 602. The minimum absolute atomic E-state index is 0.0398. The molecule has 0 fully saturated rings. The highest BCUT2D eigenvalue weighted by Crippen LogP contribution is 2.14. The number of pyridine rings is 1. The number of hydrogen-bond donors (Lipinski definition) is 2. The van der Waals surface area contributed by atoms with Crippen molar-refractivity contribution in [1.29, 1.82) is 0 Å². The van der Waals surface area contributed by atoms with Crippen LogP contribution in [0.25, 0.3) is 5.69 Å². The summed E-state index contributed by atoms with van der Waals surface area (Å²) in [5, 5.41) is 18.4. The molecular formula is C13H13NO3. The van der Waals surface area contributed by atoms with Crippen molar-refractivity contribution in [3.8, 4) is 11.4 Å². The van der Waals surface area contributed by atoms with Crippen LogP contribution in [0.1, 0.15) is 11.3 Å². The molecule has 4 heteroatoms. The minimum atomic E-state index is -0.294.